The molecule has 0 aliphatic rings. The van der Waals surface area contributed by atoms with Crippen LogP contribution >= 0.6 is 0 Å². The van der Waals surface area contributed by atoms with Crippen molar-refractivity contribution in [2.45, 2.75) is 33.9 Å². The van der Waals surface area contributed by atoms with E-state index in [2.05, 4.69) is 10.3 Å². The lowest BCUT2D eigenvalue weighted by atomic mass is 10.2. The molecule has 7 nitrogen and oxygen atoms in total. The second-order valence-corrected chi connectivity index (χ2v) is 5.25. The monoisotopic (exact) mass is 279 g/mol. The smallest absolute Gasteiger partial charge is 0.332 e. The molecule has 0 aliphatic carbocycles. The minimum absolute atomic E-state index is 0.288. The van der Waals surface area contributed by atoms with E-state index in [0.29, 0.717) is 36.1 Å². The van der Waals surface area contributed by atoms with E-state index < -0.39 is 0 Å². The predicted molar refractivity (Wildman–Crippen MR) is 79.3 cm³/mol. The van der Waals surface area contributed by atoms with Gasteiger partial charge >= 0.3 is 5.69 Å². The lowest BCUT2D eigenvalue weighted by molar-refractivity contribution is 0.491. The third-order valence-electron chi connectivity index (χ3n) is 3.33. The number of aryl methyl sites for hydroxylation is 1. The highest BCUT2D eigenvalue weighted by molar-refractivity contribution is 5.74. The summed E-state index contributed by atoms with van der Waals surface area (Å²) in [5.41, 5.74) is 0.324. The topological polar surface area (TPSA) is 73.8 Å². The highest BCUT2D eigenvalue weighted by atomic mass is 16.2. The van der Waals surface area contributed by atoms with E-state index in [1.165, 1.54) is 4.57 Å². The molecule has 20 heavy (non-hydrogen) atoms. The second-order valence-electron chi connectivity index (χ2n) is 5.25. The summed E-state index contributed by atoms with van der Waals surface area (Å²) in [4.78, 5) is 29.2. The van der Waals surface area contributed by atoms with Crippen molar-refractivity contribution in [2.24, 2.45) is 13.0 Å². The molecular weight excluding hydrogens is 258 g/mol. The maximum Gasteiger partial charge on any atom is 0.332 e. The van der Waals surface area contributed by atoms with Crippen molar-refractivity contribution < 1.29 is 0 Å². The molecule has 0 atom stereocenters. The zero-order valence-corrected chi connectivity index (χ0v) is 12.6. The third kappa shape index (κ3) is 2.03. The Bertz CT molecular complexity index is 751. The average molecular weight is 279 g/mol. The fourth-order valence-electron chi connectivity index (χ4n) is 2.39. The van der Waals surface area contributed by atoms with Crippen LogP contribution < -0.4 is 16.6 Å². The first-order valence-corrected chi connectivity index (χ1v) is 6.80. The van der Waals surface area contributed by atoms with E-state index in [1.54, 1.807) is 30.2 Å². The number of nitrogens with one attached hydrogen (secondary N) is 1. The normalized spacial score (nSPS) is 11.5. The van der Waals surface area contributed by atoms with E-state index in [-0.39, 0.29) is 11.2 Å². The minimum Gasteiger partial charge on any atom is -0.359 e. The van der Waals surface area contributed by atoms with Crippen molar-refractivity contribution in [1.82, 2.24) is 18.7 Å². The van der Waals surface area contributed by atoms with Gasteiger partial charge in [-0.05, 0) is 12.8 Å². The van der Waals surface area contributed by atoms with Gasteiger partial charge in [0, 0.05) is 27.2 Å². The number of nitrogens with zero attached hydrogens (tertiary/aromatic N) is 4. The van der Waals surface area contributed by atoms with E-state index in [9.17, 15) is 9.59 Å². The standard InChI is InChI=1S/C13H21N5O2/c1-6-17-11(19)9-10(15-12(14-4)16(9)5)18(13(17)20)7-8(2)3/h8H,6-7H2,1-5H3,(H,14,15). The molecule has 7 heteroatoms. The van der Waals surface area contributed by atoms with Gasteiger partial charge in [-0.3, -0.25) is 13.9 Å². The molecule has 0 spiro atoms. The molecule has 2 aromatic heterocycles. The van der Waals surface area contributed by atoms with Crippen molar-refractivity contribution in [3.05, 3.63) is 20.8 Å². The van der Waals surface area contributed by atoms with E-state index in [0.717, 1.165) is 0 Å². The molecule has 0 unspecified atom stereocenters. The summed E-state index contributed by atoms with van der Waals surface area (Å²) < 4.78 is 4.54. The Balaban J connectivity index is 2.96. The Morgan fingerprint density at radius 1 is 1.25 bits per heavy atom. The molecule has 0 saturated heterocycles. The van der Waals surface area contributed by atoms with Gasteiger partial charge in [-0.15, -0.1) is 0 Å². The Hall–Kier alpha value is -2.05. The van der Waals surface area contributed by atoms with Crippen molar-refractivity contribution >= 4 is 17.1 Å². The second kappa shape index (κ2) is 5.15. The number of fused-ring (bicyclic) bond motifs is 1. The molecule has 2 aromatic rings. The maximum atomic E-state index is 12.4. The van der Waals surface area contributed by atoms with Crippen LogP contribution in [0.4, 0.5) is 5.95 Å². The van der Waals surface area contributed by atoms with Gasteiger partial charge in [-0.25, -0.2) is 4.79 Å². The molecule has 0 saturated carbocycles. The summed E-state index contributed by atoms with van der Waals surface area (Å²) in [6.45, 7) is 6.74. The van der Waals surface area contributed by atoms with Crippen LogP contribution in [0.3, 0.4) is 0 Å². The molecule has 0 aliphatic heterocycles. The molecule has 0 aromatic carbocycles. The largest absolute Gasteiger partial charge is 0.359 e. The molecule has 0 amide bonds. The first kappa shape index (κ1) is 14.4. The van der Waals surface area contributed by atoms with Crippen LogP contribution in [0, 0.1) is 5.92 Å². The van der Waals surface area contributed by atoms with E-state index in [4.69, 9.17) is 0 Å². The van der Waals surface area contributed by atoms with E-state index >= 15 is 0 Å². The first-order chi connectivity index (χ1) is 9.42. The zero-order chi connectivity index (χ0) is 15.0. The zero-order valence-electron chi connectivity index (χ0n) is 12.6. The van der Waals surface area contributed by atoms with Crippen LogP contribution in [-0.4, -0.2) is 25.7 Å². The van der Waals surface area contributed by atoms with Crippen molar-refractivity contribution in [1.29, 1.82) is 0 Å². The third-order valence-corrected chi connectivity index (χ3v) is 3.33. The van der Waals surface area contributed by atoms with Crippen LogP contribution in [0.25, 0.3) is 11.2 Å². The fourth-order valence-corrected chi connectivity index (χ4v) is 2.39. The lowest BCUT2D eigenvalue weighted by Gasteiger charge is -2.12. The SMILES string of the molecule is CCn1c(=O)c2c(nc(NC)n2C)n(CC(C)C)c1=O. The van der Waals surface area contributed by atoms with Gasteiger partial charge < -0.3 is 9.88 Å². The van der Waals surface area contributed by atoms with Crippen LogP contribution in [0.5, 0.6) is 0 Å². The number of hydrogen-bond donors (Lipinski definition) is 1. The Morgan fingerprint density at radius 3 is 2.40 bits per heavy atom. The summed E-state index contributed by atoms with van der Waals surface area (Å²) in [6.07, 6.45) is 0. The lowest BCUT2D eigenvalue weighted by Crippen LogP contribution is -2.40. The number of rotatable bonds is 4. The van der Waals surface area contributed by atoms with Gasteiger partial charge in [-0.2, -0.15) is 4.98 Å². The highest BCUT2D eigenvalue weighted by Crippen LogP contribution is 2.14. The van der Waals surface area contributed by atoms with Gasteiger partial charge in [0.25, 0.3) is 5.56 Å². The molecular formula is C13H21N5O2. The van der Waals surface area contributed by atoms with Gasteiger partial charge in [0.15, 0.2) is 11.2 Å². The summed E-state index contributed by atoms with van der Waals surface area (Å²) in [5, 5.41) is 2.94. The summed E-state index contributed by atoms with van der Waals surface area (Å²) in [5.74, 6) is 0.863. The van der Waals surface area contributed by atoms with Crippen LogP contribution in [0.15, 0.2) is 9.59 Å². The fraction of sp³-hybridized carbons (Fsp3) is 0.615. The number of imidazole rings is 1. The Labute approximate surface area is 116 Å². The van der Waals surface area contributed by atoms with Crippen LogP contribution in [-0.2, 0) is 20.1 Å². The van der Waals surface area contributed by atoms with Crippen LogP contribution in [0.1, 0.15) is 20.8 Å². The minimum atomic E-state index is -0.292. The highest BCUT2D eigenvalue weighted by Gasteiger charge is 2.19. The van der Waals surface area contributed by atoms with Gasteiger partial charge in [0.1, 0.15) is 0 Å². The molecule has 0 fully saturated rings. The van der Waals surface area contributed by atoms with Crippen molar-refractivity contribution in [3.8, 4) is 0 Å². The summed E-state index contributed by atoms with van der Waals surface area (Å²) in [6, 6.07) is 0. The molecule has 0 radical (unpaired) electrons. The van der Waals surface area contributed by atoms with Crippen molar-refractivity contribution in [2.75, 3.05) is 12.4 Å². The Kier molecular flexibility index (Phi) is 3.69. The average Bonchev–Trinajstić information content (AvgIpc) is 2.72. The Morgan fingerprint density at radius 2 is 1.90 bits per heavy atom. The van der Waals surface area contributed by atoms with Crippen LogP contribution in [0.2, 0.25) is 0 Å². The van der Waals surface area contributed by atoms with E-state index in [1.807, 2.05) is 13.8 Å². The molecule has 2 heterocycles. The number of aromatic nitrogens is 4. The number of hydrogen-bond acceptors (Lipinski definition) is 4. The number of anilines is 1. The first-order valence-electron chi connectivity index (χ1n) is 6.80. The molecule has 1 N–H and O–H groups in total. The predicted octanol–water partition coefficient (Wildman–Crippen LogP) is 0.614. The van der Waals surface area contributed by atoms with Gasteiger partial charge in [-0.1, -0.05) is 13.8 Å². The maximum absolute atomic E-state index is 12.4. The molecule has 0 bridgehead atoms. The molecule has 2 rings (SSSR count). The quantitative estimate of drug-likeness (QED) is 0.890. The summed E-state index contributed by atoms with van der Waals surface area (Å²) in [7, 11) is 3.51. The summed E-state index contributed by atoms with van der Waals surface area (Å²) >= 11 is 0. The molecule has 110 valence electrons. The van der Waals surface area contributed by atoms with Gasteiger partial charge in [0.05, 0.1) is 0 Å². The van der Waals surface area contributed by atoms with Crippen molar-refractivity contribution in [3.63, 3.8) is 0 Å². The van der Waals surface area contributed by atoms with Gasteiger partial charge in [0.2, 0.25) is 5.95 Å².